The first kappa shape index (κ1) is 16.6. The second-order valence-corrected chi connectivity index (χ2v) is 6.35. The van der Waals surface area contributed by atoms with Gasteiger partial charge in [0.2, 0.25) is 0 Å². The molecule has 0 atom stereocenters. The molecule has 0 saturated heterocycles. The van der Waals surface area contributed by atoms with Gasteiger partial charge in [0.15, 0.2) is 0 Å². The quantitative estimate of drug-likeness (QED) is 0.726. The Kier molecular flexibility index (Phi) is 6.78. The van der Waals surface area contributed by atoms with E-state index in [1.165, 1.54) is 37.7 Å². The van der Waals surface area contributed by atoms with Crippen LogP contribution >= 0.6 is 0 Å². The first-order valence-corrected chi connectivity index (χ1v) is 8.77. The number of hydrogen-bond donors (Lipinski definition) is 1. The van der Waals surface area contributed by atoms with E-state index in [4.69, 9.17) is 4.42 Å². The van der Waals surface area contributed by atoms with Crippen molar-refractivity contribution in [3.8, 4) is 0 Å². The molecule has 1 aromatic rings. The van der Waals surface area contributed by atoms with Crippen LogP contribution in [0, 0.1) is 6.92 Å². The first-order valence-electron chi connectivity index (χ1n) is 8.77. The van der Waals surface area contributed by atoms with Crippen LogP contribution in [0.1, 0.15) is 69.5 Å². The molecule has 0 aliphatic heterocycles. The van der Waals surface area contributed by atoms with Gasteiger partial charge in [0.05, 0.1) is 13.1 Å². The second kappa shape index (κ2) is 8.60. The van der Waals surface area contributed by atoms with Crippen molar-refractivity contribution in [2.45, 2.75) is 78.4 Å². The summed E-state index contributed by atoms with van der Waals surface area (Å²) < 4.78 is 6.08. The number of nitrogens with zero attached hydrogens (tertiary/aromatic N) is 1. The molecule has 1 fully saturated rings. The Bertz CT molecular complexity index is 407. The predicted octanol–water partition coefficient (Wildman–Crippen LogP) is 4.24. The minimum Gasteiger partial charge on any atom is -0.463 e. The fraction of sp³-hybridized carbons (Fsp3) is 0.778. The zero-order valence-corrected chi connectivity index (χ0v) is 14.1. The molecular weight excluding hydrogens is 260 g/mol. The molecule has 3 heteroatoms. The van der Waals surface area contributed by atoms with Crippen molar-refractivity contribution in [1.29, 1.82) is 0 Å². The first-order chi connectivity index (χ1) is 10.2. The van der Waals surface area contributed by atoms with Gasteiger partial charge in [-0.15, -0.1) is 0 Å². The molecule has 3 nitrogen and oxygen atoms in total. The smallest absolute Gasteiger partial charge is 0.120 e. The minimum absolute atomic E-state index is 0.760. The third kappa shape index (κ3) is 4.86. The normalized spacial score (nSPS) is 16.8. The van der Waals surface area contributed by atoms with Crippen LogP contribution in [0.4, 0.5) is 0 Å². The molecule has 1 aliphatic carbocycles. The van der Waals surface area contributed by atoms with Gasteiger partial charge in [0, 0.05) is 6.04 Å². The van der Waals surface area contributed by atoms with E-state index in [1.807, 2.05) is 0 Å². The lowest BCUT2D eigenvalue weighted by Crippen LogP contribution is -2.35. The molecule has 1 N–H and O–H groups in total. The number of nitrogens with one attached hydrogen (secondary N) is 1. The summed E-state index contributed by atoms with van der Waals surface area (Å²) >= 11 is 0. The van der Waals surface area contributed by atoms with Crippen LogP contribution in [0.25, 0.3) is 0 Å². The standard InChI is InChI=1S/C18H32N2O/c1-4-11-19-13-18-15(3)12-17(21-18)14-20(5-2)16-9-7-6-8-10-16/h12,16,19H,4-11,13-14H2,1-3H3. The summed E-state index contributed by atoms with van der Waals surface area (Å²) in [6.45, 7) is 10.6. The minimum atomic E-state index is 0.760. The summed E-state index contributed by atoms with van der Waals surface area (Å²) in [6.07, 6.45) is 8.09. The Morgan fingerprint density at radius 2 is 2.00 bits per heavy atom. The van der Waals surface area contributed by atoms with Crippen molar-refractivity contribution in [2.24, 2.45) is 0 Å². The molecule has 0 aromatic carbocycles. The molecule has 0 spiro atoms. The topological polar surface area (TPSA) is 28.4 Å². The SMILES string of the molecule is CCCNCc1oc(CN(CC)C2CCCCC2)cc1C. The van der Waals surface area contributed by atoms with E-state index in [2.05, 4.69) is 37.1 Å². The highest BCUT2D eigenvalue weighted by Crippen LogP contribution is 2.25. The predicted molar refractivity (Wildman–Crippen MR) is 88.4 cm³/mol. The molecule has 0 amide bonds. The summed E-state index contributed by atoms with van der Waals surface area (Å²) in [5, 5.41) is 3.43. The molecule has 21 heavy (non-hydrogen) atoms. The molecular formula is C18H32N2O. The van der Waals surface area contributed by atoms with Crippen molar-refractivity contribution in [2.75, 3.05) is 13.1 Å². The molecule has 1 saturated carbocycles. The maximum Gasteiger partial charge on any atom is 0.120 e. The van der Waals surface area contributed by atoms with Crippen molar-refractivity contribution in [3.63, 3.8) is 0 Å². The van der Waals surface area contributed by atoms with Gasteiger partial charge in [-0.05, 0) is 50.9 Å². The van der Waals surface area contributed by atoms with E-state index >= 15 is 0 Å². The van der Waals surface area contributed by atoms with Crippen LogP contribution in [0.5, 0.6) is 0 Å². The molecule has 120 valence electrons. The van der Waals surface area contributed by atoms with Crippen molar-refractivity contribution >= 4 is 0 Å². The summed E-state index contributed by atoms with van der Waals surface area (Å²) in [5.41, 5.74) is 1.29. The van der Waals surface area contributed by atoms with E-state index in [0.29, 0.717) is 0 Å². The molecule has 1 heterocycles. The van der Waals surface area contributed by atoms with Crippen LogP contribution in [-0.4, -0.2) is 24.0 Å². The summed E-state index contributed by atoms with van der Waals surface area (Å²) in [4.78, 5) is 2.60. The Morgan fingerprint density at radius 3 is 2.67 bits per heavy atom. The van der Waals surface area contributed by atoms with Gasteiger partial charge in [-0.1, -0.05) is 33.1 Å². The van der Waals surface area contributed by atoms with Crippen LogP contribution < -0.4 is 5.32 Å². The van der Waals surface area contributed by atoms with Crippen LogP contribution in [0.15, 0.2) is 10.5 Å². The monoisotopic (exact) mass is 292 g/mol. The molecule has 0 radical (unpaired) electrons. The number of hydrogen-bond acceptors (Lipinski definition) is 3. The van der Waals surface area contributed by atoms with Gasteiger partial charge in [-0.25, -0.2) is 0 Å². The average Bonchev–Trinajstić information content (AvgIpc) is 2.86. The zero-order chi connectivity index (χ0) is 15.1. The van der Waals surface area contributed by atoms with Crippen LogP contribution in [0.2, 0.25) is 0 Å². The third-order valence-corrected chi connectivity index (χ3v) is 4.64. The molecule has 0 bridgehead atoms. The zero-order valence-electron chi connectivity index (χ0n) is 14.1. The second-order valence-electron chi connectivity index (χ2n) is 6.35. The van der Waals surface area contributed by atoms with Crippen molar-refractivity contribution < 1.29 is 4.42 Å². The maximum absolute atomic E-state index is 6.08. The average molecular weight is 292 g/mol. The molecule has 1 aliphatic rings. The number of rotatable bonds is 8. The van der Waals surface area contributed by atoms with Gasteiger partial charge in [-0.3, -0.25) is 4.90 Å². The maximum atomic E-state index is 6.08. The largest absolute Gasteiger partial charge is 0.463 e. The number of aryl methyl sites for hydroxylation is 1. The summed E-state index contributed by atoms with van der Waals surface area (Å²) in [7, 11) is 0. The van der Waals surface area contributed by atoms with Crippen LogP contribution in [-0.2, 0) is 13.1 Å². The van der Waals surface area contributed by atoms with Gasteiger partial charge in [0.1, 0.15) is 11.5 Å². The Balaban J connectivity index is 1.92. The van der Waals surface area contributed by atoms with E-state index in [1.54, 1.807) is 0 Å². The highest BCUT2D eigenvalue weighted by molar-refractivity contribution is 5.20. The fourth-order valence-electron chi connectivity index (χ4n) is 3.37. The Hall–Kier alpha value is -0.800. The number of furan rings is 1. The van der Waals surface area contributed by atoms with E-state index in [9.17, 15) is 0 Å². The lowest BCUT2D eigenvalue weighted by Gasteiger charge is -2.32. The van der Waals surface area contributed by atoms with E-state index in [0.717, 1.165) is 50.2 Å². The van der Waals surface area contributed by atoms with Crippen molar-refractivity contribution in [1.82, 2.24) is 10.2 Å². The molecule has 0 unspecified atom stereocenters. The molecule has 2 rings (SSSR count). The summed E-state index contributed by atoms with van der Waals surface area (Å²) in [5.74, 6) is 2.24. The van der Waals surface area contributed by atoms with Gasteiger partial charge in [-0.2, -0.15) is 0 Å². The van der Waals surface area contributed by atoms with Crippen molar-refractivity contribution in [3.05, 3.63) is 23.2 Å². The fourth-order valence-corrected chi connectivity index (χ4v) is 3.37. The highest BCUT2D eigenvalue weighted by atomic mass is 16.3. The highest BCUT2D eigenvalue weighted by Gasteiger charge is 2.21. The lowest BCUT2D eigenvalue weighted by molar-refractivity contribution is 0.144. The van der Waals surface area contributed by atoms with Gasteiger partial charge >= 0.3 is 0 Å². The third-order valence-electron chi connectivity index (χ3n) is 4.64. The van der Waals surface area contributed by atoms with E-state index < -0.39 is 0 Å². The van der Waals surface area contributed by atoms with E-state index in [-0.39, 0.29) is 0 Å². The summed E-state index contributed by atoms with van der Waals surface area (Å²) in [6, 6.07) is 2.99. The Morgan fingerprint density at radius 1 is 1.24 bits per heavy atom. The van der Waals surface area contributed by atoms with Gasteiger partial charge < -0.3 is 9.73 Å². The van der Waals surface area contributed by atoms with Gasteiger partial charge in [0.25, 0.3) is 0 Å². The lowest BCUT2D eigenvalue weighted by atomic mass is 9.94. The Labute approximate surface area is 130 Å². The van der Waals surface area contributed by atoms with Crippen LogP contribution in [0.3, 0.4) is 0 Å². The molecule has 1 aromatic heterocycles.